The predicted molar refractivity (Wildman–Crippen MR) is 122 cm³/mol. The van der Waals surface area contributed by atoms with E-state index in [2.05, 4.69) is 84.1 Å². The molecule has 0 fully saturated rings. The van der Waals surface area contributed by atoms with E-state index in [9.17, 15) is 0 Å². The highest BCUT2D eigenvalue weighted by molar-refractivity contribution is 5.80. The SMILES string of the molecule is Cc1cc(C)cc(CCNC(=NCc2nnc(C)n2C)NC(C)c2ccccc2)c1. The zero-order valence-corrected chi connectivity index (χ0v) is 18.6. The van der Waals surface area contributed by atoms with E-state index in [0.29, 0.717) is 6.54 Å². The summed E-state index contributed by atoms with van der Waals surface area (Å²) in [5, 5.41) is 15.4. The number of hydrogen-bond donors (Lipinski definition) is 2. The molecule has 0 aliphatic rings. The molecule has 3 rings (SSSR count). The molecule has 0 aliphatic heterocycles. The van der Waals surface area contributed by atoms with Crippen LogP contribution in [0.15, 0.2) is 53.5 Å². The smallest absolute Gasteiger partial charge is 0.192 e. The molecule has 0 spiro atoms. The number of benzene rings is 2. The van der Waals surface area contributed by atoms with Gasteiger partial charge in [0, 0.05) is 13.6 Å². The molecule has 3 aromatic rings. The van der Waals surface area contributed by atoms with Crippen LogP contribution in [0.25, 0.3) is 0 Å². The lowest BCUT2D eigenvalue weighted by atomic mass is 10.1. The molecule has 30 heavy (non-hydrogen) atoms. The minimum Gasteiger partial charge on any atom is -0.356 e. The first-order valence-corrected chi connectivity index (χ1v) is 10.4. The van der Waals surface area contributed by atoms with Crippen molar-refractivity contribution in [3.63, 3.8) is 0 Å². The molecule has 0 radical (unpaired) electrons. The van der Waals surface area contributed by atoms with Crippen LogP contribution < -0.4 is 10.6 Å². The van der Waals surface area contributed by atoms with E-state index in [4.69, 9.17) is 4.99 Å². The minimum atomic E-state index is 0.139. The summed E-state index contributed by atoms with van der Waals surface area (Å²) in [4.78, 5) is 4.77. The van der Waals surface area contributed by atoms with Gasteiger partial charge in [0.1, 0.15) is 12.4 Å². The Morgan fingerprint density at radius 2 is 1.73 bits per heavy atom. The average molecular weight is 405 g/mol. The topological polar surface area (TPSA) is 67.1 Å². The number of aromatic nitrogens is 3. The second-order valence-corrected chi connectivity index (χ2v) is 7.84. The zero-order valence-electron chi connectivity index (χ0n) is 18.6. The molecule has 0 amide bonds. The predicted octanol–water partition coefficient (Wildman–Crippen LogP) is 3.78. The third-order valence-electron chi connectivity index (χ3n) is 5.20. The van der Waals surface area contributed by atoms with Crippen molar-refractivity contribution in [2.45, 2.75) is 46.7 Å². The van der Waals surface area contributed by atoms with E-state index in [0.717, 1.165) is 30.6 Å². The van der Waals surface area contributed by atoms with E-state index < -0.39 is 0 Å². The molecule has 158 valence electrons. The van der Waals surface area contributed by atoms with Crippen molar-refractivity contribution < 1.29 is 0 Å². The lowest BCUT2D eigenvalue weighted by Gasteiger charge is -2.19. The van der Waals surface area contributed by atoms with Gasteiger partial charge in [0.15, 0.2) is 11.8 Å². The van der Waals surface area contributed by atoms with Crippen LogP contribution in [0.2, 0.25) is 0 Å². The Morgan fingerprint density at radius 1 is 1.03 bits per heavy atom. The van der Waals surface area contributed by atoms with Gasteiger partial charge < -0.3 is 15.2 Å². The molecule has 6 heteroatoms. The monoisotopic (exact) mass is 404 g/mol. The first kappa shape index (κ1) is 21.6. The molecular weight excluding hydrogens is 372 g/mol. The van der Waals surface area contributed by atoms with Crippen molar-refractivity contribution >= 4 is 5.96 Å². The van der Waals surface area contributed by atoms with Crippen molar-refractivity contribution in [3.8, 4) is 0 Å². The minimum absolute atomic E-state index is 0.139. The first-order valence-electron chi connectivity index (χ1n) is 10.4. The summed E-state index contributed by atoms with van der Waals surface area (Å²) >= 11 is 0. The molecule has 0 aliphatic carbocycles. The fraction of sp³-hybridized carbons (Fsp3) is 0.375. The number of guanidine groups is 1. The molecule has 1 unspecified atom stereocenters. The summed E-state index contributed by atoms with van der Waals surface area (Å²) < 4.78 is 1.97. The third-order valence-corrected chi connectivity index (χ3v) is 5.20. The highest BCUT2D eigenvalue weighted by Gasteiger charge is 2.09. The summed E-state index contributed by atoms with van der Waals surface area (Å²) in [6.07, 6.45) is 0.937. The normalized spacial score (nSPS) is 12.6. The van der Waals surface area contributed by atoms with E-state index in [-0.39, 0.29) is 6.04 Å². The van der Waals surface area contributed by atoms with E-state index in [1.807, 2.05) is 24.6 Å². The van der Waals surface area contributed by atoms with Gasteiger partial charge in [0.25, 0.3) is 0 Å². The Balaban J connectivity index is 1.69. The Kier molecular flexibility index (Phi) is 7.22. The second kappa shape index (κ2) is 10.1. The molecule has 0 bridgehead atoms. The Labute approximate surface area is 179 Å². The number of hydrogen-bond acceptors (Lipinski definition) is 3. The molecule has 2 aromatic carbocycles. The zero-order chi connectivity index (χ0) is 21.5. The first-order chi connectivity index (χ1) is 14.4. The highest BCUT2D eigenvalue weighted by atomic mass is 15.3. The highest BCUT2D eigenvalue weighted by Crippen LogP contribution is 2.12. The quantitative estimate of drug-likeness (QED) is 0.465. The fourth-order valence-corrected chi connectivity index (χ4v) is 3.46. The number of aliphatic imine (C=N–C) groups is 1. The van der Waals surface area contributed by atoms with Crippen molar-refractivity contribution in [2.75, 3.05) is 6.54 Å². The van der Waals surface area contributed by atoms with Crippen LogP contribution in [-0.2, 0) is 20.0 Å². The van der Waals surface area contributed by atoms with Gasteiger partial charge in [-0.1, -0.05) is 59.7 Å². The Hall–Kier alpha value is -3.15. The van der Waals surface area contributed by atoms with Gasteiger partial charge in [-0.3, -0.25) is 0 Å². The molecular formula is C24H32N6. The number of nitrogens with zero attached hydrogens (tertiary/aromatic N) is 4. The number of nitrogens with one attached hydrogen (secondary N) is 2. The lowest BCUT2D eigenvalue weighted by Crippen LogP contribution is -2.39. The van der Waals surface area contributed by atoms with E-state index >= 15 is 0 Å². The van der Waals surface area contributed by atoms with Crippen LogP contribution in [-0.4, -0.2) is 27.3 Å². The van der Waals surface area contributed by atoms with Gasteiger partial charge in [0.05, 0.1) is 6.04 Å². The maximum absolute atomic E-state index is 4.77. The lowest BCUT2D eigenvalue weighted by molar-refractivity contribution is 0.675. The largest absolute Gasteiger partial charge is 0.356 e. The van der Waals surface area contributed by atoms with Crippen LogP contribution in [0.4, 0.5) is 0 Å². The van der Waals surface area contributed by atoms with Crippen molar-refractivity contribution in [1.29, 1.82) is 0 Å². The maximum atomic E-state index is 4.77. The third kappa shape index (κ3) is 5.92. The number of rotatable bonds is 7. The molecule has 6 nitrogen and oxygen atoms in total. The van der Waals surface area contributed by atoms with Crippen LogP contribution in [0.1, 0.15) is 46.9 Å². The molecule has 1 heterocycles. The molecule has 0 saturated carbocycles. The molecule has 0 saturated heterocycles. The van der Waals surface area contributed by atoms with Crippen molar-refractivity contribution in [2.24, 2.45) is 12.0 Å². The van der Waals surface area contributed by atoms with E-state index in [1.165, 1.54) is 22.3 Å². The average Bonchev–Trinajstić information content (AvgIpc) is 3.04. The summed E-state index contributed by atoms with van der Waals surface area (Å²) in [5.74, 6) is 2.50. The summed E-state index contributed by atoms with van der Waals surface area (Å²) in [6.45, 7) is 9.64. The van der Waals surface area contributed by atoms with Crippen molar-refractivity contribution in [1.82, 2.24) is 25.4 Å². The van der Waals surface area contributed by atoms with Gasteiger partial charge >= 0.3 is 0 Å². The van der Waals surface area contributed by atoms with Gasteiger partial charge in [-0.05, 0) is 45.2 Å². The van der Waals surface area contributed by atoms with Crippen LogP contribution >= 0.6 is 0 Å². The summed E-state index contributed by atoms with van der Waals surface area (Å²) in [6, 6.07) is 17.2. The Morgan fingerprint density at radius 3 is 2.37 bits per heavy atom. The molecule has 1 atom stereocenters. The van der Waals surface area contributed by atoms with Crippen LogP contribution in [0, 0.1) is 20.8 Å². The van der Waals surface area contributed by atoms with Crippen LogP contribution in [0.5, 0.6) is 0 Å². The summed E-state index contributed by atoms with van der Waals surface area (Å²) in [7, 11) is 1.97. The van der Waals surface area contributed by atoms with Gasteiger partial charge in [0.2, 0.25) is 0 Å². The summed E-state index contributed by atoms with van der Waals surface area (Å²) in [5.41, 5.74) is 5.15. The van der Waals surface area contributed by atoms with Crippen LogP contribution in [0.3, 0.4) is 0 Å². The standard InChI is InChI=1S/C24H32N6/c1-17-13-18(2)15-21(14-17)11-12-25-24(26-16-23-29-28-20(4)30(23)5)27-19(3)22-9-7-6-8-10-22/h6-10,13-15,19H,11-12,16H2,1-5H3,(H2,25,26,27). The van der Waals surface area contributed by atoms with Gasteiger partial charge in [-0.25, -0.2) is 4.99 Å². The van der Waals surface area contributed by atoms with Crippen molar-refractivity contribution in [3.05, 3.63) is 82.4 Å². The molecule has 1 aromatic heterocycles. The second-order valence-electron chi connectivity index (χ2n) is 7.84. The molecule has 2 N–H and O–H groups in total. The fourth-order valence-electron chi connectivity index (χ4n) is 3.46. The Bertz CT molecular complexity index is 970. The number of aryl methyl sites for hydroxylation is 3. The van der Waals surface area contributed by atoms with Gasteiger partial charge in [-0.15, -0.1) is 10.2 Å². The van der Waals surface area contributed by atoms with E-state index in [1.54, 1.807) is 0 Å². The maximum Gasteiger partial charge on any atom is 0.192 e. The van der Waals surface area contributed by atoms with Gasteiger partial charge in [-0.2, -0.15) is 0 Å².